The lowest BCUT2D eigenvalue weighted by Gasteiger charge is -2.24. The van der Waals surface area contributed by atoms with Gasteiger partial charge in [0.2, 0.25) is 5.91 Å². The minimum atomic E-state index is -0.736. The molecule has 2 aliphatic rings. The third kappa shape index (κ3) is 2.40. The molecule has 3 rings (SSSR count). The quantitative estimate of drug-likeness (QED) is 0.816. The van der Waals surface area contributed by atoms with E-state index in [2.05, 4.69) is 10.6 Å². The molecular weight excluding hydrogens is 278 g/mol. The fourth-order valence-electron chi connectivity index (χ4n) is 2.74. The van der Waals surface area contributed by atoms with Crippen molar-refractivity contribution in [1.29, 1.82) is 0 Å². The van der Waals surface area contributed by atoms with Crippen LogP contribution in [0.1, 0.15) is 30.2 Å². The minimum Gasteiger partial charge on any atom is -0.335 e. The highest BCUT2D eigenvalue weighted by Crippen LogP contribution is 2.34. The van der Waals surface area contributed by atoms with Crippen LogP contribution < -0.4 is 10.6 Å². The summed E-state index contributed by atoms with van der Waals surface area (Å²) >= 11 is 1.64. The summed E-state index contributed by atoms with van der Waals surface area (Å²) < 4.78 is 0. The second kappa shape index (κ2) is 5.24. The first-order valence-electron chi connectivity index (χ1n) is 6.59. The van der Waals surface area contributed by atoms with E-state index >= 15 is 0 Å². The Morgan fingerprint density at radius 3 is 2.95 bits per heavy atom. The lowest BCUT2D eigenvalue weighted by atomic mass is 10.1. The van der Waals surface area contributed by atoms with Crippen LogP contribution in [0.4, 0.5) is 4.79 Å². The van der Waals surface area contributed by atoms with Crippen LogP contribution in [0.2, 0.25) is 0 Å². The van der Waals surface area contributed by atoms with Crippen LogP contribution in [-0.4, -0.2) is 35.3 Å². The Bertz CT molecular complexity index is 543. The van der Waals surface area contributed by atoms with Crippen LogP contribution in [0, 0.1) is 0 Å². The summed E-state index contributed by atoms with van der Waals surface area (Å²) in [6.45, 7) is 0.712. The number of carbonyl (C=O) groups excluding carboxylic acids is 3. The molecule has 0 spiro atoms. The van der Waals surface area contributed by atoms with Gasteiger partial charge in [0.1, 0.15) is 6.04 Å². The molecule has 106 valence electrons. The van der Waals surface area contributed by atoms with Gasteiger partial charge in [-0.1, -0.05) is 6.07 Å². The van der Waals surface area contributed by atoms with Gasteiger partial charge in [-0.05, 0) is 24.3 Å². The first-order chi connectivity index (χ1) is 9.65. The molecule has 7 heteroatoms. The third-order valence-electron chi connectivity index (χ3n) is 3.68. The van der Waals surface area contributed by atoms with Crippen LogP contribution in [0.5, 0.6) is 0 Å². The number of thiophene rings is 1. The van der Waals surface area contributed by atoms with Crippen molar-refractivity contribution in [2.24, 2.45) is 0 Å². The summed E-state index contributed by atoms with van der Waals surface area (Å²) in [5, 5.41) is 6.61. The van der Waals surface area contributed by atoms with Crippen molar-refractivity contribution in [1.82, 2.24) is 15.5 Å². The predicted molar refractivity (Wildman–Crippen MR) is 73.1 cm³/mol. The van der Waals surface area contributed by atoms with Crippen LogP contribution in [-0.2, 0) is 9.59 Å². The van der Waals surface area contributed by atoms with Gasteiger partial charge < -0.3 is 10.2 Å². The second-order valence-corrected chi connectivity index (χ2v) is 5.96. The molecule has 20 heavy (non-hydrogen) atoms. The van der Waals surface area contributed by atoms with Crippen molar-refractivity contribution >= 4 is 29.2 Å². The number of hydrogen-bond donors (Lipinski definition) is 2. The Balaban J connectivity index is 1.67. The maximum Gasteiger partial charge on any atom is 0.322 e. The van der Waals surface area contributed by atoms with Gasteiger partial charge in [0.05, 0.1) is 12.5 Å². The second-order valence-electron chi connectivity index (χ2n) is 4.98. The van der Waals surface area contributed by atoms with E-state index in [1.165, 1.54) is 4.88 Å². The van der Waals surface area contributed by atoms with Crippen molar-refractivity contribution in [3.05, 3.63) is 22.4 Å². The van der Waals surface area contributed by atoms with Gasteiger partial charge in [-0.25, -0.2) is 4.79 Å². The van der Waals surface area contributed by atoms with Gasteiger partial charge in [-0.15, -0.1) is 11.3 Å². The molecule has 0 aliphatic carbocycles. The zero-order valence-electron chi connectivity index (χ0n) is 10.8. The molecule has 2 N–H and O–H groups in total. The van der Waals surface area contributed by atoms with E-state index in [1.54, 1.807) is 11.3 Å². The summed E-state index contributed by atoms with van der Waals surface area (Å²) in [6, 6.07) is 2.86. The number of hydrogen-bond acceptors (Lipinski definition) is 4. The number of amides is 4. The topological polar surface area (TPSA) is 78.5 Å². The third-order valence-corrected chi connectivity index (χ3v) is 4.66. The van der Waals surface area contributed by atoms with E-state index in [4.69, 9.17) is 0 Å². The Morgan fingerprint density at radius 2 is 2.30 bits per heavy atom. The molecule has 2 atom stereocenters. The minimum absolute atomic E-state index is 0.0272. The molecule has 0 aromatic carbocycles. The highest BCUT2D eigenvalue weighted by Gasteiger charge is 2.36. The van der Waals surface area contributed by atoms with Gasteiger partial charge in [-0.2, -0.15) is 0 Å². The summed E-state index contributed by atoms with van der Waals surface area (Å²) in [7, 11) is 0. The van der Waals surface area contributed by atoms with Gasteiger partial charge >= 0.3 is 6.03 Å². The monoisotopic (exact) mass is 293 g/mol. The maximum absolute atomic E-state index is 12.4. The molecule has 0 unspecified atom stereocenters. The summed E-state index contributed by atoms with van der Waals surface area (Å²) in [5.41, 5.74) is 0. The number of urea groups is 1. The van der Waals surface area contributed by atoms with E-state index in [-0.39, 0.29) is 18.4 Å². The highest BCUT2D eigenvalue weighted by molar-refractivity contribution is 7.10. The molecule has 0 radical (unpaired) electrons. The van der Waals surface area contributed by atoms with Gasteiger partial charge in [0.25, 0.3) is 5.91 Å². The average Bonchev–Trinajstić information content (AvgIpc) is 3.11. The Labute approximate surface area is 120 Å². The summed E-state index contributed by atoms with van der Waals surface area (Å²) in [6.07, 6.45) is 1.95. The van der Waals surface area contributed by atoms with Crippen molar-refractivity contribution in [3.8, 4) is 0 Å². The van der Waals surface area contributed by atoms with Gasteiger partial charge in [0, 0.05) is 11.4 Å². The predicted octanol–water partition coefficient (Wildman–Crippen LogP) is 1.01. The lowest BCUT2D eigenvalue weighted by molar-refractivity contribution is -0.134. The molecule has 0 saturated carbocycles. The fourth-order valence-corrected chi connectivity index (χ4v) is 3.61. The normalized spacial score (nSPS) is 25.7. The van der Waals surface area contributed by atoms with Crippen molar-refractivity contribution in [2.45, 2.75) is 31.3 Å². The van der Waals surface area contributed by atoms with Crippen molar-refractivity contribution in [2.75, 3.05) is 6.54 Å². The molecule has 0 bridgehead atoms. The standard InChI is InChI=1S/C13H15N3O3S/c17-11(7-8-12(18)15-13(19)14-8)16-5-1-3-9(16)10-4-2-6-20-10/h2,4,6,8-9H,1,3,5,7H2,(H2,14,15,18,19)/t8-,9-/m1/s1. The van der Waals surface area contributed by atoms with E-state index < -0.39 is 18.0 Å². The molecule has 1 aromatic rings. The smallest absolute Gasteiger partial charge is 0.322 e. The highest BCUT2D eigenvalue weighted by atomic mass is 32.1. The lowest BCUT2D eigenvalue weighted by Crippen LogP contribution is -2.38. The molecule has 6 nitrogen and oxygen atoms in total. The van der Waals surface area contributed by atoms with Crippen LogP contribution in [0.3, 0.4) is 0 Å². The molecule has 2 saturated heterocycles. The van der Waals surface area contributed by atoms with E-state index in [0.29, 0.717) is 6.54 Å². The Hall–Kier alpha value is -1.89. The first kappa shape index (κ1) is 13.1. The van der Waals surface area contributed by atoms with Crippen LogP contribution in [0.25, 0.3) is 0 Å². The fraction of sp³-hybridized carbons (Fsp3) is 0.462. The van der Waals surface area contributed by atoms with E-state index in [1.807, 2.05) is 22.4 Å². The number of imide groups is 1. The number of carbonyl (C=O) groups is 3. The molecule has 3 heterocycles. The zero-order valence-corrected chi connectivity index (χ0v) is 11.6. The molecule has 4 amide bonds. The number of rotatable bonds is 3. The molecule has 2 fully saturated rings. The van der Waals surface area contributed by atoms with Gasteiger partial charge in [-0.3, -0.25) is 14.9 Å². The Kier molecular flexibility index (Phi) is 3.43. The maximum atomic E-state index is 12.4. The van der Waals surface area contributed by atoms with Gasteiger partial charge in [0.15, 0.2) is 0 Å². The Morgan fingerprint density at radius 1 is 1.45 bits per heavy atom. The van der Waals surface area contributed by atoms with E-state index in [9.17, 15) is 14.4 Å². The van der Waals surface area contributed by atoms with Crippen LogP contribution in [0.15, 0.2) is 17.5 Å². The number of nitrogens with zero attached hydrogens (tertiary/aromatic N) is 1. The summed E-state index contributed by atoms with van der Waals surface area (Å²) in [4.78, 5) is 37.9. The zero-order chi connectivity index (χ0) is 14.1. The molecule has 2 aliphatic heterocycles. The summed E-state index contributed by atoms with van der Waals surface area (Å²) in [5.74, 6) is -0.501. The van der Waals surface area contributed by atoms with E-state index in [0.717, 1.165) is 12.8 Å². The largest absolute Gasteiger partial charge is 0.335 e. The SMILES string of the molecule is O=C1NC(=O)[C@@H](CC(=O)N2CCC[C@@H]2c2cccs2)N1. The molecule has 1 aromatic heterocycles. The number of nitrogens with one attached hydrogen (secondary N) is 2. The first-order valence-corrected chi connectivity index (χ1v) is 7.47. The van der Waals surface area contributed by atoms with Crippen LogP contribution >= 0.6 is 11.3 Å². The van der Waals surface area contributed by atoms with Crippen molar-refractivity contribution < 1.29 is 14.4 Å². The van der Waals surface area contributed by atoms with Crippen molar-refractivity contribution in [3.63, 3.8) is 0 Å². The number of likely N-dealkylation sites (tertiary alicyclic amines) is 1. The average molecular weight is 293 g/mol. The molecular formula is C13H15N3O3S.